The summed E-state index contributed by atoms with van der Waals surface area (Å²) >= 11 is 0. The first-order valence-corrected chi connectivity index (χ1v) is 13.5. The lowest BCUT2D eigenvalue weighted by molar-refractivity contribution is -0.146. The van der Waals surface area contributed by atoms with Gasteiger partial charge in [0, 0.05) is 6.54 Å². The molecule has 1 atom stereocenters. The predicted octanol–water partition coefficient (Wildman–Crippen LogP) is 4.40. The number of carbonyl (C=O) groups excluding carboxylic acids is 2. The monoisotopic (exact) mass is 542 g/mol. The Morgan fingerprint density at radius 1 is 0.842 bits per heavy atom. The first-order chi connectivity index (χ1) is 18.1. The Hall–Kier alpha value is -3.73. The Bertz CT molecular complexity index is 1220. The van der Waals surface area contributed by atoms with Crippen LogP contribution in [0.5, 0.6) is 0 Å². The van der Waals surface area contributed by atoms with Crippen LogP contribution < -0.4 is 11.1 Å². The van der Waals surface area contributed by atoms with Crippen LogP contribution in [0.2, 0.25) is 0 Å². The first kappa shape index (κ1) is 30.5. The fourth-order valence-corrected chi connectivity index (χ4v) is 3.60. The summed E-state index contributed by atoms with van der Waals surface area (Å²) in [6.07, 6.45) is 1.47. The van der Waals surface area contributed by atoms with E-state index in [2.05, 4.69) is 5.32 Å². The van der Waals surface area contributed by atoms with Crippen molar-refractivity contribution in [3.8, 4) is 0 Å². The Balaban J connectivity index is 0.000000384. The average molecular weight is 543 g/mol. The van der Waals surface area contributed by atoms with Gasteiger partial charge in [-0.2, -0.15) is 8.42 Å². The van der Waals surface area contributed by atoms with E-state index in [1.165, 1.54) is 12.1 Å². The highest BCUT2D eigenvalue weighted by atomic mass is 32.2. The second-order valence-corrected chi connectivity index (χ2v) is 9.89. The summed E-state index contributed by atoms with van der Waals surface area (Å²) in [5.41, 5.74) is 8.67. The number of benzene rings is 3. The van der Waals surface area contributed by atoms with Crippen LogP contribution in [-0.4, -0.2) is 37.6 Å². The Labute approximate surface area is 223 Å². The SMILES string of the molecule is Cc1ccc(S(=O)(=O)O)cc1.N[C@@H](CCCCNC(=O)OCc1ccccc1)C(=O)OCc1ccccc1. The van der Waals surface area contributed by atoms with E-state index < -0.39 is 28.2 Å². The molecule has 38 heavy (non-hydrogen) atoms. The quantitative estimate of drug-likeness (QED) is 0.184. The van der Waals surface area contributed by atoms with Crippen LogP contribution in [0.4, 0.5) is 4.79 Å². The number of hydrogen-bond acceptors (Lipinski definition) is 7. The number of amides is 1. The third-order valence-electron chi connectivity index (χ3n) is 5.27. The minimum Gasteiger partial charge on any atom is -0.460 e. The van der Waals surface area contributed by atoms with Crippen molar-refractivity contribution >= 4 is 22.2 Å². The first-order valence-electron chi connectivity index (χ1n) is 12.1. The normalized spacial score (nSPS) is 11.4. The van der Waals surface area contributed by atoms with Gasteiger partial charge < -0.3 is 20.5 Å². The summed E-state index contributed by atoms with van der Waals surface area (Å²) in [5, 5.41) is 2.68. The zero-order chi connectivity index (χ0) is 27.8. The number of nitrogens with two attached hydrogens (primary N) is 1. The number of nitrogens with one attached hydrogen (secondary N) is 1. The number of alkyl carbamates (subject to hydrolysis) is 1. The zero-order valence-electron chi connectivity index (χ0n) is 21.3. The van der Waals surface area contributed by atoms with E-state index in [4.69, 9.17) is 19.8 Å². The molecule has 0 spiro atoms. The van der Waals surface area contributed by atoms with Crippen molar-refractivity contribution in [1.82, 2.24) is 5.32 Å². The van der Waals surface area contributed by atoms with Crippen molar-refractivity contribution < 1.29 is 32.0 Å². The van der Waals surface area contributed by atoms with Gasteiger partial charge in [0.25, 0.3) is 10.1 Å². The molecule has 0 fully saturated rings. The van der Waals surface area contributed by atoms with Crippen LogP contribution in [-0.2, 0) is 37.6 Å². The van der Waals surface area contributed by atoms with Gasteiger partial charge in [-0.1, -0.05) is 78.4 Å². The molecule has 10 heteroatoms. The van der Waals surface area contributed by atoms with Gasteiger partial charge in [-0.25, -0.2) is 4.79 Å². The van der Waals surface area contributed by atoms with Crippen molar-refractivity contribution in [3.63, 3.8) is 0 Å². The summed E-state index contributed by atoms with van der Waals surface area (Å²) in [4.78, 5) is 23.4. The Morgan fingerprint density at radius 3 is 1.89 bits per heavy atom. The van der Waals surface area contributed by atoms with Gasteiger partial charge in [-0.15, -0.1) is 0 Å². The molecule has 0 aliphatic carbocycles. The highest BCUT2D eigenvalue weighted by Gasteiger charge is 2.14. The second-order valence-electron chi connectivity index (χ2n) is 8.47. The number of aryl methyl sites for hydroxylation is 1. The van der Waals surface area contributed by atoms with Crippen LogP contribution in [0.25, 0.3) is 0 Å². The van der Waals surface area contributed by atoms with Crippen molar-refractivity contribution in [2.45, 2.75) is 50.3 Å². The molecule has 0 saturated carbocycles. The molecular formula is C28H34N2O7S. The summed E-state index contributed by atoms with van der Waals surface area (Å²) < 4.78 is 39.9. The van der Waals surface area contributed by atoms with E-state index in [9.17, 15) is 18.0 Å². The van der Waals surface area contributed by atoms with E-state index in [0.717, 1.165) is 16.7 Å². The van der Waals surface area contributed by atoms with Gasteiger partial charge in [-0.05, 0) is 49.4 Å². The highest BCUT2D eigenvalue weighted by Crippen LogP contribution is 2.09. The van der Waals surface area contributed by atoms with Crippen molar-refractivity contribution in [3.05, 3.63) is 102 Å². The molecule has 3 rings (SSSR count). The zero-order valence-corrected chi connectivity index (χ0v) is 22.1. The van der Waals surface area contributed by atoms with Gasteiger partial charge in [0.15, 0.2) is 0 Å². The summed E-state index contributed by atoms with van der Waals surface area (Å²) in [7, 11) is -4.02. The third kappa shape index (κ3) is 12.5. The lowest BCUT2D eigenvalue weighted by atomic mass is 10.1. The molecule has 0 heterocycles. The topological polar surface area (TPSA) is 145 Å². The number of unbranched alkanes of at least 4 members (excludes halogenated alkanes) is 1. The Morgan fingerprint density at radius 2 is 1.37 bits per heavy atom. The molecule has 3 aromatic carbocycles. The minimum atomic E-state index is -4.02. The molecule has 0 aliphatic heterocycles. The molecule has 0 saturated heterocycles. The molecule has 0 aromatic heterocycles. The fourth-order valence-electron chi connectivity index (χ4n) is 3.12. The largest absolute Gasteiger partial charge is 0.460 e. The molecule has 3 aromatic rings. The van der Waals surface area contributed by atoms with E-state index in [1.54, 1.807) is 12.1 Å². The van der Waals surface area contributed by atoms with E-state index in [0.29, 0.717) is 25.8 Å². The van der Waals surface area contributed by atoms with Crippen molar-refractivity contribution in [2.75, 3.05) is 6.54 Å². The van der Waals surface area contributed by atoms with E-state index >= 15 is 0 Å². The van der Waals surface area contributed by atoms with Gasteiger partial charge in [-0.3, -0.25) is 9.35 Å². The smallest absolute Gasteiger partial charge is 0.407 e. The number of rotatable bonds is 11. The minimum absolute atomic E-state index is 0.0666. The van der Waals surface area contributed by atoms with Crippen LogP contribution in [0, 0.1) is 6.92 Å². The van der Waals surface area contributed by atoms with Crippen LogP contribution in [0.1, 0.15) is 36.0 Å². The summed E-state index contributed by atoms with van der Waals surface area (Å²) in [5.74, 6) is -0.408. The third-order valence-corrected chi connectivity index (χ3v) is 6.14. The number of carbonyl (C=O) groups is 2. The maximum atomic E-state index is 11.9. The summed E-state index contributed by atoms with van der Waals surface area (Å²) in [6, 6.07) is 24.3. The van der Waals surface area contributed by atoms with E-state index in [-0.39, 0.29) is 18.1 Å². The molecule has 4 N–H and O–H groups in total. The predicted molar refractivity (Wildman–Crippen MR) is 144 cm³/mol. The average Bonchev–Trinajstić information content (AvgIpc) is 2.91. The number of ether oxygens (including phenoxy) is 2. The highest BCUT2D eigenvalue weighted by molar-refractivity contribution is 7.85. The molecule has 204 valence electrons. The Kier molecular flexibility index (Phi) is 13.0. The van der Waals surface area contributed by atoms with Gasteiger partial charge >= 0.3 is 12.1 Å². The molecule has 0 radical (unpaired) electrons. The second kappa shape index (κ2) is 16.2. The molecule has 0 bridgehead atoms. The molecule has 0 unspecified atom stereocenters. The van der Waals surface area contributed by atoms with Crippen LogP contribution >= 0.6 is 0 Å². The van der Waals surface area contributed by atoms with Crippen LogP contribution in [0.3, 0.4) is 0 Å². The maximum absolute atomic E-state index is 11.9. The van der Waals surface area contributed by atoms with Gasteiger partial charge in [0.1, 0.15) is 19.3 Å². The van der Waals surface area contributed by atoms with E-state index in [1.807, 2.05) is 67.6 Å². The molecule has 1 amide bonds. The van der Waals surface area contributed by atoms with Gasteiger partial charge in [0.2, 0.25) is 0 Å². The van der Waals surface area contributed by atoms with Crippen LogP contribution in [0.15, 0.2) is 89.8 Å². The lowest BCUT2D eigenvalue weighted by Gasteiger charge is -2.12. The number of esters is 1. The molecule has 0 aliphatic rings. The maximum Gasteiger partial charge on any atom is 0.407 e. The fraction of sp³-hybridized carbons (Fsp3) is 0.286. The lowest BCUT2D eigenvalue weighted by Crippen LogP contribution is -2.32. The molecular weight excluding hydrogens is 508 g/mol. The standard InChI is InChI=1S/C21H26N2O4.C7H8O3S/c22-19(20(24)26-15-17-9-3-1-4-10-17)13-7-8-14-23-21(25)27-16-18-11-5-2-6-12-18;1-6-2-4-7(5-3-6)11(8,9)10/h1-6,9-12,19H,7-8,13-16,22H2,(H,23,25);2-5H,1H3,(H,8,9,10)/t19-;/m0./s1. The van der Waals surface area contributed by atoms with Crippen molar-refractivity contribution in [2.24, 2.45) is 5.73 Å². The number of hydrogen-bond donors (Lipinski definition) is 3. The summed E-state index contributed by atoms with van der Waals surface area (Å²) in [6.45, 7) is 2.78. The van der Waals surface area contributed by atoms with Gasteiger partial charge in [0.05, 0.1) is 4.90 Å². The van der Waals surface area contributed by atoms with Crippen molar-refractivity contribution in [1.29, 1.82) is 0 Å². The molecule has 9 nitrogen and oxygen atoms in total.